The van der Waals surface area contributed by atoms with Gasteiger partial charge < -0.3 is 15.0 Å². The van der Waals surface area contributed by atoms with Crippen LogP contribution in [0.2, 0.25) is 0 Å². The highest BCUT2D eigenvalue weighted by Gasteiger charge is 2.22. The van der Waals surface area contributed by atoms with Crippen LogP contribution in [-0.2, 0) is 23.6 Å². The van der Waals surface area contributed by atoms with Crippen LogP contribution in [0.3, 0.4) is 0 Å². The Morgan fingerprint density at radius 1 is 1.00 bits per heavy atom. The van der Waals surface area contributed by atoms with E-state index in [2.05, 4.69) is 51.5 Å². The Morgan fingerprint density at radius 3 is 2.46 bits per heavy atom. The van der Waals surface area contributed by atoms with Crippen LogP contribution in [0, 0.1) is 5.92 Å². The monoisotopic (exact) mass is 517 g/mol. The lowest BCUT2D eigenvalue weighted by molar-refractivity contribution is 0.0952. The first-order chi connectivity index (χ1) is 18.2. The minimum absolute atomic E-state index is 0.00945. The number of aromatic nitrogens is 2. The number of methoxy groups -OCH3 is 1. The average Bonchev–Trinajstić information content (AvgIpc) is 3.77. The van der Waals surface area contributed by atoms with E-state index in [1.54, 1.807) is 18.9 Å². The second-order valence-electron chi connectivity index (χ2n) is 9.82. The maximum Gasteiger partial charge on any atom is 0.251 e. The van der Waals surface area contributed by atoms with Crippen molar-refractivity contribution in [3.63, 3.8) is 0 Å². The van der Waals surface area contributed by atoms with Crippen LogP contribution in [0.15, 0.2) is 65.8 Å². The molecule has 1 aliphatic heterocycles. The number of nitrogens with one attached hydrogen (secondary N) is 1. The molecule has 3 aromatic rings. The van der Waals surface area contributed by atoms with Crippen LogP contribution < -0.4 is 10.2 Å². The zero-order valence-corrected chi connectivity index (χ0v) is 22.3. The molecule has 0 spiro atoms. The van der Waals surface area contributed by atoms with E-state index in [1.807, 2.05) is 24.3 Å². The Morgan fingerprint density at radius 2 is 1.76 bits per heavy atom. The molecule has 0 unspecified atom stereocenters. The summed E-state index contributed by atoms with van der Waals surface area (Å²) in [7, 11) is 1.69. The molecule has 1 N–H and O–H groups in total. The average molecular weight is 518 g/mol. The first-order valence-electron chi connectivity index (χ1n) is 13.0. The molecule has 2 heterocycles. The molecule has 1 aliphatic carbocycles. The predicted molar refractivity (Wildman–Crippen MR) is 148 cm³/mol. The molecule has 2 aromatic carbocycles. The Hall–Kier alpha value is -2.94. The number of nitrogens with zero attached hydrogens (tertiary/aromatic N) is 4. The number of anilines is 1. The van der Waals surface area contributed by atoms with Crippen molar-refractivity contribution < 1.29 is 9.53 Å². The standard InChI is InChI=1S/C29H35N5O2S/c1-36-20-26-17-27(34-15-13-33(14-16-34)19-23-5-3-2-4-6-23)32-29(31-26)37-21-24-9-11-25(12-10-24)28(35)30-18-22-7-8-22/h2-6,9-12,17,22H,7-8,13-16,18-21H2,1H3,(H,30,35). The van der Waals surface area contributed by atoms with Gasteiger partial charge in [0, 0.05) is 63.8 Å². The molecular formula is C29H35N5O2S. The summed E-state index contributed by atoms with van der Waals surface area (Å²) in [5.41, 5.74) is 4.09. The highest BCUT2D eigenvalue weighted by molar-refractivity contribution is 7.98. The van der Waals surface area contributed by atoms with E-state index in [1.165, 1.54) is 18.4 Å². The number of ether oxygens (including phenoxy) is 1. The molecule has 8 heteroatoms. The fourth-order valence-electron chi connectivity index (χ4n) is 4.45. The van der Waals surface area contributed by atoms with Gasteiger partial charge in [0.05, 0.1) is 12.3 Å². The highest BCUT2D eigenvalue weighted by atomic mass is 32.2. The predicted octanol–water partition coefficient (Wildman–Crippen LogP) is 4.38. The van der Waals surface area contributed by atoms with Crippen LogP contribution in [-0.4, -0.2) is 60.6 Å². The van der Waals surface area contributed by atoms with Gasteiger partial charge in [0.1, 0.15) is 5.82 Å². The van der Waals surface area contributed by atoms with Gasteiger partial charge in [-0.3, -0.25) is 9.69 Å². The van der Waals surface area contributed by atoms with Gasteiger partial charge in [-0.2, -0.15) is 0 Å². The summed E-state index contributed by atoms with van der Waals surface area (Å²) >= 11 is 1.62. The lowest BCUT2D eigenvalue weighted by Gasteiger charge is -2.35. The summed E-state index contributed by atoms with van der Waals surface area (Å²) in [4.78, 5) is 26.8. The van der Waals surface area contributed by atoms with Gasteiger partial charge in [-0.1, -0.05) is 54.2 Å². The van der Waals surface area contributed by atoms with E-state index in [-0.39, 0.29) is 5.91 Å². The van der Waals surface area contributed by atoms with E-state index < -0.39 is 0 Å². The van der Waals surface area contributed by atoms with E-state index in [4.69, 9.17) is 14.7 Å². The summed E-state index contributed by atoms with van der Waals surface area (Å²) in [6, 6.07) is 20.5. The Labute approximate surface area is 223 Å². The summed E-state index contributed by atoms with van der Waals surface area (Å²) in [6.45, 7) is 6.10. The Balaban J connectivity index is 1.17. The first-order valence-corrected chi connectivity index (χ1v) is 14.0. The van der Waals surface area contributed by atoms with Crippen molar-refractivity contribution in [1.29, 1.82) is 0 Å². The summed E-state index contributed by atoms with van der Waals surface area (Å²) in [5.74, 6) is 2.39. The number of amides is 1. The van der Waals surface area contributed by atoms with Crippen molar-refractivity contribution in [3.8, 4) is 0 Å². The van der Waals surface area contributed by atoms with Crippen LogP contribution in [0.4, 0.5) is 5.82 Å². The molecule has 1 saturated carbocycles. The zero-order valence-electron chi connectivity index (χ0n) is 21.4. The minimum Gasteiger partial charge on any atom is -0.378 e. The quantitative estimate of drug-likeness (QED) is 0.299. The molecule has 1 aromatic heterocycles. The van der Waals surface area contributed by atoms with E-state index >= 15 is 0 Å². The van der Waals surface area contributed by atoms with Crippen molar-refractivity contribution in [2.75, 3.05) is 44.7 Å². The SMILES string of the molecule is COCc1cc(N2CCN(Cc3ccccc3)CC2)nc(SCc2ccc(C(=O)NCC3CC3)cc2)n1. The summed E-state index contributed by atoms with van der Waals surface area (Å²) < 4.78 is 5.38. The maximum atomic E-state index is 12.3. The molecule has 194 valence electrons. The first kappa shape index (κ1) is 25.7. The molecule has 7 nitrogen and oxygen atoms in total. The molecule has 1 saturated heterocycles. The molecule has 0 atom stereocenters. The molecule has 2 fully saturated rings. The van der Waals surface area contributed by atoms with Crippen molar-refractivity contribution in [2.24, 2.45) is 5.92 Å². The molecule has 2 aliphatic rings. The molecule has 37 heavy (non-hydrogen) atoms. The summed E-state index contributed by atoms with van der Waals surface area (Å²) in [6.07, 6.45) is 2.46. The number of rotatable bonds is 11. The van der Waals surface area contributed by atoms with Gasteiger partial charge in [-0.15, -0.1) is 0 Å². The number of thioether (sulfide) groups is 1. The van der Waals surface area contributed by atoms with Gasteiger partial charge in [-0.25, -0.2) is 9.97 Å². The molecule has 5 rings (SSSR count). The normalized spacial score (nSPS) is 16.1. The summed E-state index contributed by atoms with van der Waals surface area (Å²) in [5, 5.41) is 3.78. The second kappa shape index (κ2) is 12.5. The van der Waals surface area contributed by atoms with Crippen molar-refractivity contribution in [2.45, 2.75) is 36.9 Å². The zero-order chi connectivity index (χ0) is 25.5. The van der Waals surface area contributed by atoms with Gasteiger partial charge >= 0.3 is 0 Å². The highest BCUT2D eigenvalue weighted by Crippen LogP contribution is 2.28. The van der Waals surface area contributed by atoms with Gasteiger partial charge in [0.2, 0.25) is 0 Å². The Kier molecular flexibility index (Phi) is 8.71. The second-order valence-corrected chi connectivity index (χ2v) is 10.8. The number of hydrogen-bond acceptors (Lipinski definition) is 7. The van der Waals surface area contributed by atoms with Crippen LogP contribution >= 0.6 is 11.8 Å². The topological polar surface area (TPSA) is 70.6 Å². The number of carbonyl (C=O) groups excluding carboxylic acids is 1. The van der Waals surface area contributed by atoms with Gasteiger partial charge in [0.25, 0.3) is 5.91 Å². The number of hydrogen-bond donors (Lipinski definition) is 1. The molecule has 1 amide bonds. The van der Waals surface area contributed by atoms with Crippen LogP contribution in [0.25, 0.3) is 0 Å². The van der Waals surface area contributed by atoms with Crippen molar-refractivity contribution in [1.82, 2.24) is 20.2 Å². The van der Waals surface area contributed by atoms with Crippen molar-refractivity contribution >= 4 is 23.5 Å². The van der Waals surface area contributed by atoms with Gasteiger partial charge in [0.15, 0.2) is 5.16 Å². The largest absolute Gasteiger partial charge is 0.378 e. The molecule has 0 radical (unpaired) electrons. The number of benzene rings is 2. The number of piperazine rings is 1. The maximum absolute atomic E-state index is 12.3. The lowest BCUT2D eigenvalue weighted by atomic mass is 10.1. The van der Waals surface area contributed by atoms with E-state index in [0.29, 0.717) is 18.1 Å². The van der Waals surface area contributed by atoms with Crippen LogP contribution in [0.1, 0.15) is 40.0 Å². The van der Waals surface area contributed by atoms with E-state index in [0.717, 1.165) is 67.3 Å². The Bertz CT molecular complexity index is 1160. The van der Waals surface area contributed by atoms with Gasteiger partial charge in [-0.05, 0) is 42.0 Å². The van der Waals surface area contributed by atoms with Crippen molar-refractivity contribution in [3.05, 3.63) is 83.0 Å². The third-order valence-corrected chi connectivity index (χ3v) is 7.73. The smallest absolute Gasteiger partial charge is 0.251 e. The molecule has 0 bridgehead atoms. The fraction of sp³-hybridized carbons (Fsp3) is 0.414. The third kappa shape index (κ3) is 7.53. The van der Waals surface area contributed by atoms with Crippen LogP contribution in [0.5, 0.6) is 0 Å². The lowest BCUT2D eigenvalue weighted by Crippen LogP contribution is -2.46. The third-order valence-electron chi connectivity index (χ3n) is 6.81. The molecular weight excluding hydrogens is 482 g/mol. The minimum atomic E-state index is 0.00945. The number of carbonyl (C=O) groups is 1. The van der Waals surface area contributed by atoms with E-state index in [9.17, 15) is 4.79 Å². The fourth-order valence-corrected chi connectivity index (χ4v) is 5.27.